The van der Waals surface area contributed by atoms with Crippen molar-refractivity contribution in [2.75, 3.05) is 6.61 Å². The minimum atomic E-state index is -5.84. The number of esters is 1. The molecule has 0 saturated carbocycles. The zero-order chi connectivity index (χ0) is 17.8. The quantitative estimate of drug-likeness (QED) is 0.242. The van der Waals surface area contributed by atoms with Crippen LogP contribution in [0.15, 0.2) is 11.3 Å². The summed E-state index contributed by atoms with van der Waals surface area (Å²) in [5, 5.41) is 0. The van der Waals surface area contributed by atoms with E-state index in [1.54, 1.807) is 20.8 Å². The maximum Gasteiger partial charge on any atom is 0.534 e. The standard InChI is InChI=1S/C13H21F3O5S/c1-6-9(11(17)20-7-2)10(8-12(3,4)5)21-22(18,19)13(14,15)16/h6-8H2,1-5H3/b10-9-. The highest BCUT2D eigenvalue weighted by atomic mass is 32.2. The molecule has 0 bridgehead atoms. The Balaban J connectivity index is 5.88. The molecule has 0 radical (unpaired) electrons. The Bertz CT molecular complexity index is 527. The molecular formula is C13H21F3O5S. The van der Waals surface area contributed by atoms with Gasteiger partial charge in [0, 0.05) is 6.42 Å². The van der Waals surface area contributed by atoms with Gasteiger partial charge in [-0.25, -0.2) is 4.79 Å². The van der Waals surface area contributed by atoms with E-state index in [9.17, 15) is 26.4 Å². The fraction of sp³-hybridized carbons (Fsp3) is 0.769. The van der Waals surface area contributed by atoms with Crippen molar-refractivity contribution < 1.29 is 35.3 Å². The third-order valence-corrected chi connectivity index (χ3v) is 3.38. The van der Waals surface area contributed by atoms with Crippen molar-refractivity contribution in [3.8, 4) is 0 Å². The maximum atomic E-state index is 12.5. The molecule has 0 aromatic rings. The summed E-state index contributed by atoms with van der Waals surface area (Å²) in [6, 6.07) is 0. The van der Waals surface area contributed by atoms with Gasteiger partial charge in [0.1, 0.15) is 5.76 Å². The number of allylic oxidation sites excluding steroid dienone is 1. The van der Waals surface area contributed by atoms with E-state index in [0.29, 0.717) is 0 Å². The molecule has 0 unspecified atom stereocenters. The van der Waals surface area contributed by atoms with E-state index in [1.807, 2.05) is 0 Å². The Labute approximate surface area is 128 Å². The van der Waals surface area contributed by atoms with Gasteiger partial charge < -0.3 is 8.92 Å². The number of halogens is 3. The molecule has 0 aliphatic rings. The van der Waals surface area contributed by atoms with Gasteiger partial charge in [0.25, 0.3) is 0 Å². The summed E-state index contributed by atoms with van der Waals surface area (Å²) in [6.45, 7) is 8.07. The third-order valence-electron chi connectivity index (χ3n) is 2.40. The van der Waals surface area contributed by atoms with Crippen LogP contribution in [0, 0.1) is 5.41 Å². The highest BCUT2D eigenvalue weighted by Crippen LogP contribution is 2.33. The average molecular weight is 346 g/mol. The number of alkyl halides is 3. The zero-order valence-corrected chi connectivity index (χ0v) is 14.0. The van der Waals surface area contributed by atoms with Crippen molar-refractivity contribution in [1.29, 1.82) is 0 Å². The zero-order valence-electron chi connectivity index (χ0n) is 13.2. The molecule has 5 nitrogen and oxygen atoms in total. The van der Waals surface area contributed by atoms with E-state index < -0.39 is 32.8 Å². The van der Waals surface area contributed by atoms with Gasteiger partial charge in [0.2, 0.25) is 0 Å². The molecule has 9 heteroatoms. The molecule has 0 heterocycles. The van der Waals surface area contributed by atoms with Gasteiger partial charge in [0.15, 0.2) is 0 Å². The third kappa shape index (κ3) is 6.25. The molecule has 0 fully saturated rings. The minimum absolute atomic E-state index is 0.0111. The lowest BCUT2D eigenvalue weighted by molar-refractivity contribution is -0.138. The van der Waals surface area contributed by atoms with Crippen LogP contribution in [0.25, 0.3) is 0 Å². The van der Waals surface area contributed by atoms with Crippen LogP contribution < -0.4 is 0 Å². The molecule has 0 rings (SSSR count). The summed E-state index contributed by atoms with van der Waals surface area (Å²) >= 11 is 0. The number of carbonyl (C=O) groups is 1. The molecular weight excluding hydrogens is 325 g/mol. The van der Waals surface area contributed by atoms with Crippen LogP contribution in [-0.4, -0.2) is 26.5 Å². The molecule has 0 amide bonds. The van der Waals surface area contributed by atoms with E-state index in [-0.39, 0.29) is 25.0 Å². The van der Waals surface area contributed by atoms with E-state index in [1.165, 1.54) is 13.8 Å². The van der Waals surface area contributed by atoms with Crippen molar-refractivity contribution in [3.05, 3.63) is 11.3 Å². The lowest BCUT2D eigenvalue weighted by atomic mass is 9.89. The van der Waals surface area contributed by atoms with Crippen molar-refractivity contribution in [2.45, 2.75) is 53.0 Å². The molecule has 0 aliphatic heterocycles. The van der Waals surface area contributed by atoms with Gasteiger partial charge in [-0.1, -0.05) is 27.7 Å². The van der Waals surface area contributed by atoms with E-state index in [4.69, 9.17) is 4.74 Å². The summed E-state index contributed by atoms with van der Waals surface area (Å²) in [5.41, 5.74) is -6.38. The van der Waals surface area contributed by atoms with Crippen LogP contribution in [0.4, 0.5) is 13.2 Å². The fourth-order valence-electron chi connectivity index (χ4n) is 1.52. The van der Waals surface area contributed by atoms with Crippen LogP contribution in [0.5, 0.6) is 0 Å². The highest BCUT2D eigenvalue weighted by Gasteiger charge is 2.49. The largest absolute Gasteiger partial charge is 0.534 e. The van der Waals surface area contributed by atoms with Crippen molar-refractivity contribution >= 4 is 16.1 Å². The highest BCUT2D eigenvalue weighted by molar-refractivity contribution is 7.87. The lowest BCUT2D eigenvalue weighted by Gasteiger charge is -2.22. The normalized spacial score (nSPS) is 14.4. The van der Waals surface area contributed by atoms with Gasteiger partial charge in [-0.2, -0.15) is 21.6 Å². The second kappa shape index (κ2) is 7.34. The first kappa shape index (κ1) is 20.8. The molecule has 0 aromatic carbocycles. The van der Waals surface area contributed by atoms with Crippen LogP contribution in [-0.2, 0) is 23.8 Å². The fourth-order valence-corrected chi connectivity index (χ4v) is 2.04. The number of hydrogen-bond acceptors (Lipinski definition) is 5. The van der Waals surface area contributed by atoms with Crippen molar-refractivity contribution in [1.82, 2.24) is 0 Å². The Morgan fingerprint density at radius 3 is 1.91 bits per heavy atom. The van der Waals surface area contributed by atoms with Gasteiger partial charge >= 0.3 is 21.6 Å². The first-order valence-corrected chi connectivity index (χ1v) is 8.06. The molecule has 0 aromatic heterocycles. The van der Waals surface area contributed by atoms with E-state index >= 15 is 0 Å². The Hall–Kier alpha value is -1.25. The van der Waals surface area contributed by atoms with Gasteiger partial charge in [-0.05, 0) is 18.8 Å². The maximum absolute atomic E-state index is 12.5. The lowest BCUT2D eigenvalue weighted by Crippen LogP contribution is -2.27. The second-order valence-corrected chi connectivity index (χ2v) is 7.23. The van der Waals surface area contributed by atoms with E-state index in [0.717, 1.165) is 0 Å². The van der Waals surface area contributed by atoms with Crippen LogP contribution in [0.2, 0.25) is 0 Å². The average Bonchev–Trinajstić information content (AvgIpc) is 2.25. The number of hydrogen-bond donors (Lipinski definition) is 0. The van der Waals surface area contributed by atoms with Crippen LogP contribution >= 0.6 is 0 Å². The predicted molar refractivity (Wildman–Crippen MR) is 74.1 cm³/mol. The molecule has 22 heavy (non-hydrogen) atoms. The van der Waals surface area contributed by atoms with Crippen LogP contribution in [0.1, 0.15) is 47.5 Å². The molecule has 130 valence electrons. The molecule has 0 saturated heterocycles. The molecule has 0 aliphatic carbocycles. The first-order chi connectivity index (χ1) is 9.75. The Morgan fingerprint density at radius 1 is 1.09 bits per heavy atom. The SMILES string of the molecule is CCOC(=O)/C(CC)=C(/CC(C)(C)C)OS(=O)(=O)C(F)(F)F. The number of rotatable bonds is 6. The smallest absolute Gasteiger partial charge is 0.463 e. The monoisotopic (exact) mass is 346 g/mol. The topological polar surface area (TPSA) is 69.7 Å². The number of ether oxygens (including phenoxy) is 1. The summed E-state index contributed by atoms with van der Waals surface area (Å²) < 4.78 is 68.9. The first-order valence-electron chi connectivity index (χ1n) is 6.65. The summed E-state index contributed by atoms with van der Waals surface area (Å²) in [5.74, 6) is -1.42. The molecule has 0 spiro atoms. The summed E-state index contributed by atoms with van der Waals surface area (Å²) in [7, 11) is -5.84. The summed E-state index contributed by atoms with van der Waals surface area (Å²) in [6.07, 6.45) is -0.179. The van der Waals surface area contributed by atoms with Crippen LogP contribution in [0.3, 0.4) is 0 Å². The minimum Gasteiger partial charge on any atom is -0.463 e. The number of carbonyl (C=O) groups excluding carboxylic acids is 1. The Kier molecular flexibility index (Phi) is 6.93. The second-order valence-electron chi connectivity index (χ2n) is 5.70. The van der Waals surface area contributed by atoms with Crippen molar-refractivity contribution in [3.63, 3.8) is 0 Å². The van der Waals surface area contributed by atoms with Gasteiger partial charge in [-0.3, -0.25) is 0 Å². The van der Waals surface area contributed by atoms with E-state index in [2.05, 4.69) is 4.18 Å². The van der Waals surface area contributed by atoms with Gasteiger partial charge in [-0.15, -0.1) is 0 Å². The summed E-state index contributed by atoms with van der Waals surface area (Å²) in [4.78, 5) is 11.8. The molecule has 0 N–H and O–H groups in total. The molecule has 0 atom stereocenters. The predicted octanol–water partition coefficient (Wildman–Crippen LogP) is 3.52. The Morgan fingerprint density at radius 2 is 1.59 bits per heavy atom. The van der Waals surface area contributed by atoms with Gasteiger partial charge in [0.05, 0.1) is 12.2 Å². The van der Waals surface area contributed by atoms with Crippen molar-refractivity contribution in [2.24, 2.45) is 5.41 Å².